The van der Waals surface area contributed by atoms with Gasteiger partial charge in [0.05, 0.1) is 12.1 Å². The fraction of sp³-hybridized carbons (Fsp3) is 0.364. The summed E-state index contributed by atoms with van der Waals surface area (Å²) in [4.78, 5) is 26.3. The van der Waals surface area contributed by atoms with Crippen LogP contribution in [0.25, 0.3) is 0 Å². The van der Waals surface area contributed by atoms with Gasteiger partial charge in [-0.15, -0.1) is 0 Å². The Morgan fingerprint density at radius 2 is 1.95 bits per heavy atom. The summed E-state index contributed by atoms with van der Waals surface area (Å²) in [5.74, 6) is -3.14. The number of esters is 1. The van der Waals surface area contributed by atoms with Crippen LogP contribution in [-0.2, 0) is 14.3 Å². The second-order valence-corrected chi connectivity index (χ2v) is 4.34. The molecule has 0 fully saturated rings. The standard InChI is InChI=1S/C11H11ClF3N3O3/c1-6(19)17-10(9(20)21-2,11(13,14)15)18-8-4-3-7(12)5-16-8/h3-5H,1-2H3,(H,16,18)(H,17,19)/t10-/m0/s1. The second-order valence-electron chi connectivity index (χ2n) is 3.91. The van der Waals surface area contributed by atoms with E-state index in [1.165, 1.54) is 11.4 Å². The quantitative estimate of drug-likeness (QED) is 0.651. The van der Waals surface area contributed by atoms with Crippen molar-refractivity contribution >= 4 is 29.3 Å². The molecule has 0 aliphatic carbocycles. The van der Waals surface area contributed by atoms with Crippen molar-refractivity contribution < 1.29 is 27.5 Å². The largest absolute Gasteiger partial charge is 0.466 e. The normalized spacial score (nSPS) is 14.0. The van der Waals surface area contributed by atoms with E-state index in [0.29, 0.717) is 0 Å². The summed E-state index contributed by atoms with van der Waals surface area (Å²) in [5, 5.41) is 3.56. The van der Waals surface area contributed by atoms with Crippen molar-refractivity contribution in [3.05, 3.63) is 23.4 Å². The van der Waals surface area contributed by atoms with E-state index in [4.69, 9.17) is 11.6 Å². The highest BCUT2D eigenvalue weighted by atomic mass is 35.5. The van der Waals surface area contributed by atoms with Crippen LogP contribution in [0.3, 0.4) is 0 Å². The Morgan fingerprint density at radius 1 is 1.33 bits per heavy atom. The first-order chi connectivity index (χ1) is 9.62. The summed E-state index contributed by atoms with van der Waals surface area (Å²) in [6.07, 6.45) is -4.09. The van der Waals surface area contributed by atoms with Gasteiger partial charge in [0, 0.05) is 13.1 Å². The van der Waals surface area contributed by atoms with Crippen LogP contribution in [-0.4, -0.2) is 35.8 Å². The molecular formula is C11H11ClF3N3O3. The molecule has 0 aliphatic heterocycles. The molecule has 116 valence electrons. The predicted molar refractivity (Wildman–Crippen MR) is 67.5 cm³/mol. The maximum Gasteiger partial charge on any atom is 0.441 e. The third-order valence-electron chi connectivity index (χ3n) is 2.32. The lowest BCUT2D eigenvalue weighted by atomic mass is 10.1. The van der Waals surface area contributed by atoms with Crippen LogP contribution in [0, 0.1) is 0 Å². The molecule has 0 unspecified atom stereocenters. The summed E-state index contributed by atoms with van der Waals surface area (Å²) >= 11 is 5.57. The molecule has 1 amide bonds. The number of halogens is 4. The van der Waals surface area contributed by atoms with Crippen LogP contribution in [0.5, 0.6) is 0 Å². The zero-order chi connectivity index (χ0) is 16.3. The number of nitrogens with one attached hydrogen (secondary N) is 2. The first-order valence-electron chi connectivity index (χ1n) is 5.46. The molecule has 1 heterocycles. The number of rotatable bonds is 4. The van der Waals surface area contributed by atoms with Crippen molar-refractivity contribution in [1.82, 2.24) is 10.3 Å². The Labute approximate surface area is 122 Å². The molecule has 10 heteroatoms. The van der Waals surface area contributed by atoms with E-state index in [1.54, 1.807) is 0 Å². The molecule has 1 rings (SSSR count). The lowest BCUT2D eigenvalue weighted by Crippen LogP contribution is -2.69. The van der Waals surface area contributed by atoms with E-state index in [1.807, 2.05) is 5.32 Å². The number of hydrogen-bond donors (Lipinski definition) is 2. The highest BCUT2D eigenvalue weighted by Crippen LogP contribution is 2.32. The van der Waals surface area contributed by atoms with Crippen LogP contribution >= 0.6 is 11.6 Å². The monoisotopic (exact) mass is 325 g/mol. The van der Waals surface area contributed by atoms with Crippen molar-refractivity contribution in [3.63, 3.8) is 0 Å². The van der Waals surface area contributed by atoms with E-state index < -0.39 is 23.7 Å². The molecular weight excluding hydrogens is 315 g/mol. The number of nitrogens with zero attached hydrogens (tertiary/aromatic N) is 1. The van der Waals surface area contributed by atoms with Crippen LogP contribution in [0.2, 0.25) is 5.02 Å². The van der Waals surface area contributed by atoms with Crippen molar-refractivity contribution in [2.24, 2.45) is 0 Å². The number of aromatic nitrogens is 1. The van der Waals surface area contributed by atoms with E-state index in [2.05, 4.69) is 9.72 Å². The highest BCUT2D eigenvalue weighted by molar-refractivity contribution is 6.30. The number of anilines is 1. The molecule has 0 radical (unpaired) electrons. The van der Waals surface area contributed by atoms with E-state index in [-0.39, 0.29) is 10.8 Å². The Bertz CT molecular complexity index is 536. The van der Waals surface area contributed by atoms with Crippen molar-refractivity contribution in [2.75, 3.05) is 12.4 Å². The Kier molecular flexibility index (Phi) is 5.00. The van der Waals surface area contributed by atoms with Gasteiger partial charge in [0.1, 0.15) is 5.82 Å². The van der Waals surface area contributed by atoms with Crippen LogP contribution < -0.4 is 10.6 Å². The molecule has 0 bridgehead atoms. The van der Waals surface area contributed by atoms with Gasteiger partial charge in [-0.3, -0.25) is 4.79 Å². The molecule has 2 N–H and O–H groups in total. The van der Waals surface area contributed by atoms with Gasteiger partial charge < -0.3 is 15.4 Å². The fourth-order valence-electron chi connectivity index (χ4n) is 1.45. The summed E-state index contributed by atoms with van der Waals surface area (Å²) in [7, 11) is 0.765. The third kappa shape index (κ3) is 3.75. The molecule has 0 aliphatic rings. The molecule has 0 saturated carbocycles. The number of carbonyl (C=O) groups is 2. The summed E-state index contributed by atoms with van der Waals surface area (Å²) in [6, 6.07) is 2.39. The summed E-state index contributed by atoms with van der Waals surface area (Å²) in [5.41, 5.74) is -3.45. The average molecular weight is 326 g/mol. The van der Waals surface area contributed by atoms with E-state index in [9.17, 15) is 22.8 Å². The van der Waals surface area contributed by atoms with Crippen LogP contribution in [0.4, 0.5) is 19.0 Å². The fourth-order valence-corrected chi connectivity index (χ4v) is 1.56. The second kappa shape index (κ2) is 6.17. The molecule has 6 nitrogen and oxygen atoms in total. The third-order valence-corrected chi connectivity index (χ3v) is 2.55. The molecule has 0 saturated heterocycles. The molecule has 21 heavy (non-hydrogen) atoms. The zero-order valence-corrected chi connectivity index (χ0v) is 11.7. The topological polar surface area (TPSA) is 80.3 Å². The van der Waals surface area contributed by atoms with Crippen molar-refractivity contribution in [1.29, 1.82) is 0 Å². The lowest BCUT2D eigenvalue weighted by Gasteiger charge is -2.34. The number of pyridine rings is 1. The molecule has 1 aromatic heterocycles. The molecule has 0 aromatic carbocycles. The maximum absolute atomic E-state index is 13.3. The van der Waals surface area contributed by atoms with Crippen LogP contribution in [0.1, 0.15) is 6.92 Å². The van der Waals surface area contributed by atoms with Gasteiger partial charge in [-0.1, -0.05) is 11.6 Å². The Morgan fingerprint density at radius 3 is 2.33 bits per heavy atom. The lowest BCUT2D eigenvalue weighted by molar-refractivity contribution is -0.206. The number of amides is 1. The summed E-state index contributed by atoms with van der Waals surface area (Å²) in [6.45, 7) is 0.834. The minimum atomic E-state index is -5.17. The minimum absolute atomic E-state index is 0.191. The van der Waals surface area contributed by atoms with E-state index >= 15 is 0 Å². The minimum Gasteiger partial charge on any atom is -0.466 e. The van der Waals surface area contributed by atoms with Gasteiger partial charge in [-0.25, -0.2) is 9.78 Å². The number of ether oxygens (including phenoxy) is 1. The van der Waals surface area contributed by atoms with E-state index in [0.717, 1.165) is 26.3 Å². The number of methoxy groups -OCH3 is 1. The Balaban J connectivity index is 3.30. The highest BCUT2D eigenvalue weighted by Gasteiger charge is 2.63. The van der Waals surface area contributed by atoms with Crippen LogP contribution in [0.15, 0.2) is 18.3 Å². The number of alkyl halides is 3. The van der Waals surface area contributed by atoms with Gasteiger partial charge >= 0.3 is 17.8 Å². The smallest absolute Gasteiger partial charge is 0.441 e. The van der Waals surface area contributed by atoms with Gasteiger partial charge in [-0.2, -0.15) is 13.2 Å². The summed E-state index contributed by atoms with van der Waals surface area (Å²) < 4.78 is 44.1. The SMILES string of the molecule is COC(=O)[C@](NC(C)=O)(Nc1ccc(Cl)cn1)C(F)(F)F. The molecule has 1 atom stereocenters. The maximum atomic E-state index is 13.3. The van der Waals surface area contributed by atoms with Crippen molar-refractivity contribution in [2.45, 2.75) is 18.8 Å². The van der Waals surface area contributed by atoms with Gasteiger partial charge in [0.15, 0.2) is 0 Å². The Hall–Kier alpha value is -2.03. The average Bonchev–Trinajstić information content (AvgIpc) is 2.37. The number of hydrogen-bond acceptors (Lipinski definition) is 5. The van der Waals surface area contributed by atoms with Gasteiger partial charge in [0.2, 0.25) is 5.91 Å². The van der Waals surface area contributed by atoms with Gasteiger partial charge in [-0.05, 0) is 12.1 Å². The van der Waals surface area contributed by atoms with Crippen molar-refractivity contribution in [3.8, 4) is 0 Å². The number of carbonyl (C=O) groups excluding carboxylic acids is 2. The zero-order valence-electron chi connectivity index (χ0n) is 10.9. The van der Waals surface area contributed by atoms with Gasteiger partial charge in [0.25, 0.3) is 0 Å². The first-order valence-corrected chi connectivity index (χ1v) is 5.84. The molecule has 1 aromatic rings. The molecule has 0 spiro atoms. The first kappa shape index (κ1) is 17.0. The predicted octanol–water partition coefficient (Wildman–Crippen LogP) is 1.71.